The zero-order valence-corrected chi connectivity index (χ0v) is 24.2. The summed E-state index contributed by atoms with van der Waals surface area (Å²) >= 11 is 0. The predicted octanol–water partition coefficient (Wildman–Crippen LogP) is 7.75. The molecule has 42 heavy (non-hydrogen) atoms. The van der Waals surface area contributed by atoms with Gasteiger partial charge >= 0.3 is 6.03 Å². The normalized spacial score (nSPS) is 14.7. The standard InChI is InChI=1S/C37H34N4O/c1-27-32(24-39-25-36(2,3)34-23-28-15-13-14-22-33(28)41(34)35(39)42)38-26-40(27)37(29-16-7-4-8-17-29,30-18-9-5-10-19-30)31-20-11-6-12-21-31/h4-23,26H,24-25H2,1-3H3. The number of hydrogen-bond acceptors (Lipinski definition) is 2. The molecule has 0 N–H and O–H groups in total. The van der Waals surface area contributed by atoms with Crippen molar-refractivity contribution in [2.24, 2.45) is 0 Å². The van der Waals surface area contributed by atoms with E-state index >= 15 is 0 Å². The molecule has 0 aliphatic carbocycles. The highest BCUT2D eigenvalue weighted by Crippen LogP contribution is 2.42. The second-order valence-corrected chi connectivity index (χ2v) is 11.9. The molecule has 0 bridgehead atoms. The first-order valence-electron chi connectivity index (χ1n) is 14.5. The van der Waals surface area contributed by atoms with Crippen LogP contribution in [0.1, 0.15) is 47.6 Å². The Labute approximate surface area is 246 Å². The van der Waals surface area contributed by atoms with E-state index in [-0.39, 0.29) is 11.4 Å². The van der Waals surface area contributed by atoms with Crippen LogP contribution in [0.15, 0.2) is 128 Å². The van der Waals surface area contributed by atoms with Gasteiger partial charge in [-0.2, -0.15) is 0 Å². The van der Waals surface area contributed by atoms with E-state index in [2.05, 4.69) is 128 Å². The van der Waals surface area contributed by atoms with Gasteiger partial charge in [0.05, 0.1) is 24.1 Å². The van der Waals surface area contributed by atoms with Gasteiger partial charge in [-0.15, -0.1) is 0 Å². The maximum Gasteiger partial charge on any atom is 0.329 e. The number of benzene rings is 4. The van der Waals surface area contributed by atoms with Crippen molar-refractivity contribution < 1.29 is 4.79 Å². The quantitative estimate of drug-likeness (QED) is 0.199. The Bertz CT molecular complexity index is 1790. The highest BCUT2D eigenvalue weighted by Gasteiger charge is 2.41. The zero-order chi connectivity index (χ0) is 28.9. The number of carbonyl (C=O) groups is 1. The van der Waals surface area contributed by atoms with Gasteiger partial charge in [-0.05, 0) is 35.7 Å². The van der Waals surface area contributed by atoms with Crippen LogP contribution < -0.4 is 0 Å². The molecule has 0 spiro atoms. The monoisotopic (exact) mass is 550 g/mol. The lowest BCUT2D eigenvalue weighted by Crippen LogP contribution is -2.49. The van der Waals surface area contributed by atoms with Crippen LogP contribution in [-0.2, 0) is 17.5 Å². The first-order valence-corrected chi connectivity index (χ1v) is 14.5. The molecule has 3 heterocycles. The van der Waals surface area contributed by atoms with E-state index in [0.29, 0.717) is 13.1 Å². The largest absolute Gasteiger partial charge is 0.329 e. The first kappa shape index (κ1) is 26.0. The topological polar surface area (TPSA) is 43.1 Å². The Hall–Kier alpha value is -4.90. The molecule has 0 saturated heterocycles. The molecule has 208 valence electrons. The molecule has 5 nitrogen and oxygen atoms in total. The molecule has 0 fully saturated rings. The van der Waals surface area contributed by atoms with Crippen LogP contribution in [0.4, 0.5) is 4.79 Å². The van der Waals surface area contributed by atoms with Gasteiger partial charge in [0.1, 0.15) is 5.54 Å². The Morgan fingerprint density at radius 3 is 1.86 bits per heavy atom. The molecule has 0 saturated carbocycles. The molecule has 5 heteroatoms. The van der Waals surface area contributed by atoms with Gasteiger partial charge in [0.15, 0.2) is 0 Å². The molecule has 0 unspecified atom stereocenters. The Morgan fingerprint density at radius 2 is 1.29 bits per heavy atom. The van der Waals surface area contributed by atoms with Crippen molar-refractivity contribution in [3.05, 3.63) is 161 Å². The lowest BCUT2D eigenvalue weighted by atomic mass is 9.76. The van der Waals surface area contributed by atoms with Crippen molar-refractivity contribution in [2.45, 2.75) is 38.3 Å². The van der Waals surface area contributed by atoms with Crippen LogP contribution in [0.3, 0.4) is 0 Å². The molecular formula is C37H34N4O. The van der Waals surface area contributed by atoms with Gasteiger partial charge in [0.2, 0.25) is 0 Å². The minimum absolute atomic E-state index is 0.0000774. The molecule has 2 aromatic heterocycles. The Balaban J connectivity index is 1.37. The van der Waals surface area contributed by atoms with Crippen LogP contribution in [-0.4, -0.2) is 31.6 Å². The Kier molecular flexibility index (Phi) is 6.12. The summed E-state index contributed by atoms with van der Waals surface area (Å²) in [6.07, 6.45) is 1.95. The van der Waals surface area contributed by atoms with Gasteiger partial charge in [-0.1, -0.05) is 123 Å². The smallest absolute Gasteiger partial charge is 0.317 e. The minimum Gasteiger partial charge on any atom is -0.317 e. The minimum atomic E-state index is -0.645. The molecule has 1 aliphatic heterocycles. The lowest BCUT2D eigenvalue weighted by Gasteiger charge is -2.39. The van der Waals surface area contributed by atoms with Gasteiger partial charge in [-0.3, -0.25) is 4.57 Å². The summed E-state index contributed by atoms with van der Waals surface area (Å²) in [6, 6.07) is 42.2. The van der Waals surface area contributed by atoms with E-state index in [4.69, 9.17) is 4.98 Å². The molecule has 0 radical (unpaired) electrons. The number of carbonyl (C=O) groups excluding carboxylic acids is 1. The van der Waals surface area contributed by atoms with E-state index < -0.39 is 5.54 Å². The Morgan fingerprint density at radius 1 is 0.762 bits per heavy atom. The van der Waals surface area contributed by atoms with Crippen molar-refractivity contribution in [2.75, 3.05) is 6.54 Å². The number of aromatic nitrogens is 3. The maximum atomic E-state index is 14.0. The highest BCUT2D eigenvalue weighted by atomic mass is 16.2. The fourth-order valence-corrected chi connectivity index (χ4v) is 6.83. The summed E-state index contributed by atoms with van der Waals surface area (Å²) in [5, 5.41) is 1.09. The van der Waals surface area contributed by atoms with E-state index in [1.54, 1.807) is 0 Å². The molecule has 0 atom stereocenters. The fraction of sp³-hybridized carbons (Fsp3) is 0.189. The number of amides is 1. The highest BCUT2D eigenvalue weighted by molar-refractivity contribution is 5.94. The summed E-state index contributed by atoms with van der Waals surface area (Å²) in [7, 11) is 0. The summed E-state index contributed by atoms with van der Waals surface area (Å²) in [5.41, 5.74) is 6.53. The van der Waals surface area contributed by atoms with Crippen molar-refractivity contribution in [3.8, 4) is 0 Å². The van der Waals surface area contributed by atoms with Crippen LogP contribution in [0.2, 0.25) is 0 Å². The summed E-state index contributed by atoms with van der Waals surface area (Å²) in [4.78, 5) is 21.0. The van der Waals surface area contributed by atoms with Crippen LogP contribution in [0, 0.1) is 6.92 Å². The van der Waals surface area contributed by atoms with Gasteiger partial charge in [-0.25, -0.2) is 9.78 Å². The maximum absolute atomic E-state index is 14.0. The average molecular weight is 551 g/mol. The van der Waals surface area contributed by atoms with E-state index in [1.807, 2.05) is 34.0 Å². The number of imidazole rings is 1. The number of para-hydroxylation sites is 1. The van der Waals surface area contributed by atoms with Crippen molar-refractivity contribution in [3.63, 3.8) is 0 Å². The lowest BCUT2D eigenvalue weighted by molar-refractivity contribution is 0.167. The van der Waals surface area contributed by atoms with Gasteiger partial charge < -0.3 is 9.47 Å². The molecule has 4 aromatic carbocycles. The summed E-state index contributed by atoms with van der Waals surface area (Å²) in [6.45, 7) is 7.61. The third-order valence-corrected chi connectivity index (χ3v) is 8.84. The molecule has 7 rings (SSSR count). The van der Waals surface area contributed by atoms with Crippen LogP contribution in [0.5, 0.6) is 0 Å². The average Bonchev–Trinajstić information content (AvgIpc) is 3.60. The van der Waals surface area contributed by atoms with Gasteiger partial charge in [0, 0.05) is 28.7 Å². The van der Waals surface area contributed by atoms with Crippen molar-refractivity contribution in [1.82, 2.24) is 19.0 Å². The third kappa shape index (κ3) is 3.92. The molecule has 1 aliphatic rings. The van der Waals surface area contributed by atoms with E-state index in [0.717, 1.165) is 44.7 Å². The molecular weight excluding hydrogens is 516 g/mol. The SMILES string of the molecule is Cc1c(CN2CC(C)(C)c3cc4ccccc4n3C2=O)ncn1C(c1ccccc1)(c1ccccc1)c1ccccc1. The molecule has 1 amide bonds. The van der Waals surface area contributed by atoms with Crippen LogP contribution in [0.25, 0.3) is 10.9 Å². The second-order valence-electron chi connectivity index (χ2n) is 11.9. The number of nitrogens with zero attached hydrogens (tertiary/aromatic N) is 4. The number of fused-ring (bicyclic) bond motifs is 3. The molecule has 6 aromatic rings. The number of rotatable bonds is 6. The van der Waals surface area contributed by atoms with E-state index in [9.17, 15) is 4.79 Å². The number of hydrogen-bond donors (Lipinski definition) is 0. The van der Waals surface area contributed by atoms with Crippen molar-refractivity contribution in [1.29, 1.82) is 0 Å². The van der Waals surface area contributed by atoms with Gasteiger partial charge in [0.25, 0.3) is 0 Å². The summed E-state index contributed by atoms with van der Waals surface area (Å²) < 4.78 is 4.19. The zero-order valence-electron chi connectivity index (χ0n) is 24.2. The second kappa shape index (κ2) is 9.88. The van der Waals surface area contributed by atoms with Crippen LogP contribution >= 0.6 is 0 Å². The fourth-order valence-electron chi connectivity index (χ4n) is 6.83. The predicted molar refractivity (Wildman–Crippen MR) is 168 cm³/mol. The first-order chi connectivity index (χ1) is 20.4. The third-order valence-electron chi connectivity index (χ3n) is 8.84. The van der Waals surface area contributed by atoms with E-state index in [1.165, 1.54) is 0 Å². The van der Waals surface area contributed by atoms with Crippen molar-refractivity contribution >= 4 is 16.9 Å². The summed E-state index contributed by atoms with van der Waals surface area (Å²) in [5.74, 6) is 0.